The van der Waals surface area contributed by atoms with Gasteiger partial charge in [0.2, 0.25) is 0 Å². The summed E-state index contributed by atoms with van der Waals surface area (Å²) in [6, 6.07) is 6.10. The molecule has 0 amide bonds. The van der Waals surface area contributed by atoms with Crippen LogP contribution in [0.3, 0.4) is 0 Å². The summed E-state index contributed by atoms with van der Waals surface area (Å²) in [5.41, 5.74) is 1.78. The molecule has 1 atom stereocenters. The van der Waals surface area contributed by atoms with Crippen LogP contribution in [0.5, 0.6) is 0 Å². The van der Waals surface area contributed by atoms with E-state index >= 15 is 0 Å². The predicted molar refractivity (Wildman–Crippen MR) is 78.4 cm³/mol. The van der Waals surface area contributed by atoms with Gasteiger partial charge in [0.05, 0.1) is 23.4 Å². The minimum absolute atomic E-state index is 0.306. The van der Waals surface area contributed by atoms with Crippen LogP contribution in [-0.4, -0.2) is 34.5 Å². The smallest absolute Gasteiger partial charge is 0.138 e. The molecule has 2 aromatic rings. The first-order valence-corrected chi connectivity index (χ1v) is 7.06. The number of methoxy groups -OCH3 is 1. The molecule has 0 aliphatic heterocycles. The molecular weight excluding hydrogens is 276 g/mol. The second kappa shape index (κ2) is 5.81. The van der Waals surface area contributed by atoms with Crippen LogP contribution in [0.1, 0.15) is 12.8 Å². The zero-order valence-electron chi connectivity index (χ0n) is 11.3. The normalized spacial score (nSPS) is 16.1. The lowest BCUT2D eigenvalue weighted by Gasteiger charge is -2.21. The zero-order chi connectivity index (χ0) is 13.9. The molecule has 1 aliphatic rings. The zero-order valence-corrected chi connectivity index (χ0v) is 12.0. The van der Waals surface area contributed by atoms with Crippen molar-refractivity contribution >= 4 is 17.3 Å². The Bertz CT molecular complexity index is 569. The molecule has 106 valence electrons. The molecule has 3 rings (SSSR count). The van der Waals surface area contributed by atoms with Gasteiger partial charge < -0.3 is 10.1 Å². The van der Waals surface area contributed by atoms with E-state index in [4.69, 9.17) is 16.3 Å². The van der Waals surface area contributed by atoms with E-state index in [9.17, 15) is 0 Å². The Kier molecular flexibility index (Phi) is 3.89. The minimum atomic E-state index is 0.306. The van der Waals surface area contributed by atoms with Crippen molar-refractivity contribution in [3.05, 3.63) is 35.9 Å². The summed E-state index contributed by atoms with van der Waals surface area (Å²) in [5.74, 6) is 0.678. The van der Waals surface area contributed by atoms with E-state index in [2.05, 4.69) is 15.4 Å². The second-order valence-corrected chi connectivity index (χ2v) is 5.43. The SMILES string of the molecule is COCC(Nc1cccc(Cl)c1-n1cncn1)C1CC1. The van der Waals surface area contributed by atoms with E-state index in [1.54, 1.807) is 18.1 Å². The van der Waals surface area contributed by atoms with Gasteiger partial charge in [-0.2, -0.15) is 5.10 Å². The van der Waals surface area contributed by atoms with Gasteiger partial charge in [-0.1, -0.05) is 17.7 Å². The molecule has 1 saturated carbocycles. The summed E-state index contributed by atoms with van der Waals surface area (Å²) in [6.45, 7) is 0.688. The Morgan fingerprint density at radius 2 is 2.35 bits per heavy atom. The van der Waals surface area contributed by atoms with Gasteiger partial charge in [-0.3, -0.25) is 0 Å². The van der Waals surface area contributed by atoms with Gasteiger partial charge in [-0.25, -0.2) is 9.67 Å². The molecule has 1 aromatic heterocycles. The first-order valence-electron chi connectivity index (χ1n) is 6.68. The van der Waals surface area contributed by atoms with Gasteiger partial charge in [0.1, 0.15) is 18.3 Å². The van der Waals surface area contributed by atoms with Crippen LogP contribution in [0.4, 0.5) is 5.69 Å². The number of rotatable bonds is 6. The maximum Gasteiger partial charge on any atom is 0.138 e. The predicted octanol–water partition coefficient (Wildman–Crippen LogP) is 2.76. The summed E-state index contributed by atoms with van der Waals surface area (Å²) in [5, 5.41) is 8.36. The Hall–Kier alpha value is -1.59. The van der Waals surface area contributed by atoms with E-state index in [0.29, 0.717) is 23.6 Å². The molecule has 5 nitrogen and oxygen atoms in total. The van der Waals surface area contributed by atoms with E-state index in [1.165, 1.54) is 19.2 Å². The molecule has 0 radical (unpaired) electrons. The molecule has 20 heavy (non-hydrogen) atoms. The van der Waals surface area contributed by atoms with Crippen LogP contribution in [0, 0.1) is 5.92 Å². The molecule has 0 saturated heterocycles. The van der Waals surface area contributed by atoms with Crippen molar-refractivity contribution in [3.8, 4) is 5.69 Å². The molecule has 1 aromatic carbocycles. The third kappa shape index (κ3) is 2.78. The Balaban J connectivity index is 1.90. The first kappa shape index (κ1) is 13.4. The van der Waals surface area contributed by atoms with Gasteiger partial charge >= 0.3 is 0 Å². The fourth-order valence-corrected chi connectivity index (χ4v) is 2.62. The number of nitrogens with zero attached hydrogens (tertiary/aromatic N) is 3. The highest BCUT2D eigenvalue weighted by atomic mass is 35.5. The number of aromatic nitrogens is 3. The van der Waals surface area contributed by atoms with Crippen molar-refractivity contribution in [1.29, 1.82) is 0 Å². The summed E-state index contributed by atoms with van der Waals surface area (Å²) in [4.78, 5) is 3.98. The van der Waals surface area contributed by atoms with Crippen LogP contribution in [-0.2, 0) is 4.74 Å². The molecule has 1 N–H and O–H groups in total. The Morgan fingerprint density at radius 1 is 1.50 bits per heavy atom. The lowest BCUT2D eigenvalue weighted by Crippen LogP contribution is -2.27. The fourth-order valence-electron chi connectivity index (χ4n) is 2.36. The van der Waals surface area contributed by atoms with Gasteiger partial charge in [0, 0.05) is 7.11 Å². The van der Waals surface area contributed by atoms with Crippen LogP contribution >= 0.6 is 11.6 Å². The number of nitrogens with one attached hydrogen (secondary N) is 1. The standard InChI is InChI=1S/C14H17ClN4O/c1-20-7-13(10-5-6-10)18-12-4-2-3-11(15)14(12)19-9-16-8-17-19/h2-4,8-10,13,18H,5-7H2,1H3. The van der Waals surface area contributed by atoms with E-state index < -0.39 is 0 Å². The molecule has 0 spiro atoms. The monoisotopic (exact) mass is 292 g/mol. The summed E-state index contributed by atoms with van der Waals surface area (Å²) in [6.07, 6.45) is 5.65. The molecule has 1 aliphatic carbocycles. The maximum atomic E-state index is 6.32. The van der Waals surface area contributed by atoms with Crippen molar-refractivity contribution in [2.45, 2.75) is 18.9 Å². The van der Waals surface area contributed by atoms with Gasteiger partial charge in [-0.15, -0.1) is 0 Å². The molecule has 6 heteroatoms. The largest absolute Gasteiger partial charge is 0.383 e. The lowest BCUT2D eigenvalue weighted by atomic mass is 10.1. The number of anilines is 1. The van der Waals surface area contributed by atoms with Gasteiger partial charge in [-0.05, 0) is 30.9 Å². The Labute approximate surface area is 122 Å². The number of ether oxygens (including phenoxy) is 1. The highest BCUT2D eigenvalue weighted by Gasteiger charge is 2.31. The second-order valence-electron chi connectivity index (χ2n) is 5.02. The van der Waals surface area contributed by atoms with Crippen molar-refractivity contribution in [2.75, 3.05) is 19.0 Å². The van der Waals surface area contributed by atoms with Crippen LogP contribution < -0.4 is 5.32 Å². The quantitative estimate of drug-likeness (QED) is 0.889. The van der Waals surface area contributed by atoms with Crippen molar-refractivity contribution in [1.82, 2.24) is 14.8 Å². The first-order chi connectivity index (χ1) is 9.79. The van der Waals surface area contributed by atoms with Crippen molar-refractivity contribution in [2.24, 2.45) is 5.92 Å². The number of benzene rings is 1. The summed E-state index contributed by atoms with van der Waals surface area (Å²) < 4.78 is 6.99. The van der Waals surface area contributed by atoms with Crippen LogP contribution in [0.25, 0.3) is 5.69 Å². The highest BCUT2D eigenvalue weighted by molar-refractivity contribution is 6.33. The maximum absolute atomic E-state index is 6.32. The number of hydrogen-bond acceptors (Lipinski definition) is 4. The van der Waals surface area contributed by atoms with Crippen LogP contribution in [0.2, 0.25) is 5.02 Å². The number of para-hydroxylation sites is 1. The molecule has 1 heterocycles. The third-order valence-corrected chi connectivity index (χ3v) is 3.82. The topological polar surface area (TPSA) is 52.0 Å². The molecule has 1 fully saturated rings. The number of halogens is 1. The van der Waals surface area contributed by atoms with Gasteiger partial charge in [0.25, 0.3) is 0 Å². The van der Waals surface area contributed by atoms with E-state index in [-0.39, 0.29) is 0 Å². The molecular formula is C14H17ClN4O. The van der Waals surface area contributed by atoms with Crippen LogP contribution in [0.15, 0.2) is 30.9 Å². The Morgan fingerprint density at radius 3 is 3.00 bits per heavy atom. The number of hydrogen-bond donors (Lipinski definition) is 1. The summed E-state index contributed by atoms with van der Waals surface area (Å²) >= 11 is 6.32. The highest BCUT2D eigenvalue weighted by Crippen LogP contribution is 2.36. The third-order valence-electron chi connectivity index (χ3n) is 3.51. The average Bonchev–Trinajstić information content (AvgIpc) is 3.15. The summed E-state index contributed by atoms with van der Waals surface area (Å²) in [7, 11) is 1.73. The van der Waals surface area contributed by atoms with Gasteiger partial charge in [0.15, 0.2) is 0 Å². The molecule has 1 unspecified atom stereocenters. The van der Waals surface area contributed by atoms with Crippen molar-refractivity contribution < 1.29 is 4.74 Å². The average molecular weight is 293 g/mol. The minimum Gasteiger partial charge on any atom is -0.383 e. The van der Waals surface area contributed by atoms with E-state index in [1.807, 2.05) is 18.2 Å². The molecule has 0 bridgehead atoms. The fraction of sp³-hybridized carbons (Fsp3) is 0.429. The lowest BCUT2D eigenvalue weighted by molar-refractivity contribution is 0.179. The van der Waals surface area contributed by atoms with E-state index in [0.717, 1.165) is 11.4 Å². The van der Waals surface area contributed by atoms with Crippen molar-refractivity contribution in [3.63, 3.8) is 0 Å².